The molecule has 21 heavy (non-hydrogen) atoms. The molecule has 0 amide bonds. The van der Waals surface area contributed by atoms with Crippen molar-refractivity contribution < 1.29 is 8.42 Å². The van der Waals surface area contributed by atoms with Crippen LogP contribution in [0.25, 0.3) is 0 Å². The van der Waals surface area contributed by atoms with Crippen LogP contribution in [0, 0.1) is 0 Å². The lowest BCUT2D eigenvalue weighted by atomic mass is 10.1. The predicted molar refractivity (Wildman–Crippen MR) is 87.1 cm³/mol. The molecule has 0 aliphatic carbocycles. The predicted octanol–water partition coefficient (Wildman–Crippen LogP) is 3.29. The third-order valence-electron chi connectivity index (χ3n) is 4.17. The summed E-state index contributed by atoms with van der Waals surface area (Å²) in [5.41, 5.74) is 1.10. The maximum absolute atomic E-state index is 12.7. The Morgan fingerprint density at radius 3 is 2.76 bits per heavy atom. The third kappa shape index (κ3) is 4.24. The van der Waals surface area contributed by atoms with Crippen molar-refractivity contribution in [3.8, 4) is 0 Å². The van der Waals surface area contributed by atoms with E-state index in [4.69, 9.17) is 11.6 Å². The van der Waals surface area contributed by atoms with Gasteiger partial charge in [-0.25, -0.2) is 8.42 Å². The first-order valence-corrected chi connectivity index (χ1v) is 9.87. The maximum Gasteiger partial charge on any atom is 0.214 e. The molecule has 0 bridgehead atoms. The molecule has 120 valence electrons. The standard InChI is InChI=1S/C15H25ClN2O2S/c1-17-11-7-9-14(17)15-8-3-2-5-12-18(15)21(19,20)13-6-4-10-16/h7,9,11,15H,2-6,8,10,12-13H2,1H3. The first-order chi connectivity index (χ1) is 10.1. The quantitative estimate of drug-likeness (QED) is 0.592. The van der Waals surface area contributed by atoms with Crippen molar-refractivity contribution in [2.45, 2.75) is 44.6 Å². The van der Waals surface area contributed by atoms with Gasteiger partial charge in [-0.05, 0) is 37.8 Å². The van der Waals surface area contributed by atoms with E-state index in [2.05, 4.69) is 0 Å². The number of alkyl halides is 1. The fourth-order valence-electron chi connectivity index (χ4n) is 3.03. The van der Waals surface area contributed by atoms with Gasteiger partial charge in [-0.15, -0.1) is 11.6 Å². The van der Waals surface area contributed by atoms with Gasteiger partial charge in [0.15, 0.2) is 0 Å². The van der Waals surface area contributed by atoms with Crippen molar-refractivity contribution in [3.63, 3.8) is 0 Å². The lowest BCUT2D eigenvalue weighted by molar-refractivity contribution is 0.318. The Bertz CT molecular complexity index is 542. The number of aryl methyl sites for hydroxylation is 1. The summed E-state index contributed by atoms with van der Waals surface area (Å²) in [4.78, 5) is 0. The zero-order valence-electron chi connectivity index (χ0n) is 12.7. The van der Waals surface area contributed by atoms with Crippen LogP contribution in [0.2, 0.25) is 0 Å². The van der Waals surface area contributed by atoms with Gasteiger partial charge < -0.3 is 4.57 Å². The highest BCUT2D eigenvalue weighted by Crippen LogP contribution is 2.32. The summed E-state index contributed by atoms with van der Waals surface area (Å²) in [7, 11) is -1.22. The maximum atomic E-state index is 12.7. The fourth-order valence-corrected chi connectivity index (χ4v) is 5.03. The van der Waals surface area contributed by atoms with Gasteiger partial charge in [0.2, 0.25) is 10.0 Å². The molecule has 6 heteroatoms. The zero-order chi connectivity index (χ0) is 15.3. The van der Waals surface area contributed by atoms with E-state index >= 15 is 0 Å². The van der Waals surface area contributed by atoms with Gasteiger partial charge in [0.25, 0.3) is 0 Å². The molecule has 1 aliphatic rings. The van der Waals surface area contributed by atoms with Gasteiger partial charge in [-0.3, -0.25) is 0 Å². The summed E-state index contributed by atoms with van der Waals surface area (Å²) < 4.78 is 29.2. The highest BCUT2D eigenvalue weighted by Gasteiger charge is 2.32. The second-order valence-electron chi connectivity index (χ2n) is 5.73. The number of sulfonamides is 1. The molecule has 0 saturated carbocycles. The van der Waals surface area contributed by atoms with Crippen LogP contribution >= 0.6 is 11.6 Å². The minimum absolute atomic E-state index is 0.0199. The van der Waals surface area contributed by atoms with E-state index in [1.54, 1.807) is 4.31 Å². The second-order valence-corrected chi connectivity index (χ2v) is 8.15. The van der Waals surface area contributed by atoms with Crippen molar-refractivity contribution in [2.24, 2.45) is 7.05 Å². The number of hydrogen-bond donors (Lipinski definition) is 0. The number of rotatable bonds is 6. The second kappa shape index (κ2) is 7.65. The van der Waals surface area contributed by atoms with Crippen molar-refractivity contribution in [3.05, 3.63) is 24.0 Å². The normalized spacial score (nSPS) is 21.3. The number of hydrogen-bond acceptors (Lipinski definition) is 2. The van der Waals surface area contributed by atoms with E-state index in [1.807, 2.05) is 29.9 Å². The number of unbranched alkanes of at least 4 members (excludes halogenated alkanes) is 1. The number of halogens is 1. The third-order valence-corrected chi connectivity index (χ3v) is 6.40. The largest absolute Gasteiger partial charge is 0.353 e. The fraction of sp³-hybridized carbons (Fsp3) is 0.733. The molecule has 0 spiro atoms. The lowest BCUT2D eigenvalue weighted by Crippen LogP contribution is -2.37. The minimum Gasteiger partial charge on any atom is -0.353 e. The molecular formula is C15H25ClN2O2S. The Labute approximate surface area is 133 Å². The van der Waals surface area contributed by atoms with Crippen LogP contribution in [0.3, 0.4) is 0 Å². The van der Waals surface area contributed by atoms with Gasteiger partial charge in [0, 0.05) is 31.4 Å². The molecule has 4 nitrogen and oxygen atoms in total. The molecule has 1 saturated heterocycles. The van der Waals surface area contributed by atoms with Gasteiger partial charge in [0.05, 0.1) is 11.8 Å². The Morgan fingerprint density at radius 1 is 1.29 bits per heavy atom. The van der Waals surface area contributed by atoms with E-state index in [1.165, 1.54) is 0 Å². The molecule has 1 atom stereocenters. The zero-order valence-corrected chi connectivity index (χ0v) is 14.2. The van der Waals surface area contributed by atoms with Crippen molar-refractivity contribution in [1.82, 2.24) is 8.87 Å². The van der Waals surface area contributed by atoms with Crippen molar-refractivity contribution in [1.29, 1.82) is 0 Å². The molecule has 1 aliphatic heterocycles. The van der Waals surface area contributed by atoms with E-state index in [0.29, 0.717) is 18.8 Å². The van der Waals surface area contributed by atoms with Crippen LogP contribution in [0.5, 0.6) is 0 Å². The van der Waals surface area contributed by atoms with E-state index in [9.17, 15) is 8.42 Å². The molecule has 2 rings (SSSR count). The van der Waals surface area contributed by atoms with Crippen LogP contribution in [-0.4, -0.2) is 35.5 Å². The summed E-state index contributed by atoms with van der Waals surface area (Å²) in [5.74, 6) is 0.734. The Hall–Kier alpha value is -0.520. The topological polar surface area (TPSA) is 42.3 Å². The van der Waals surface area contributed by atoms with Crippen LogP contribution in [0.4, 0.5) is 0 Å². The SMILES string of the molecule is Cn1cccc1C1CCCCCN1S(=O)(=O)CCCCCl. The summed E-state index contributed by atoms with van der Waals surface area (Å²) in [6.07, 6.45) is 7.44. The first kappa shape index (κ1) is 16.8. The molecule has 0 N–H and O–H groups in total. The van der Waals surface area contributed by atoms with Gasteiger partial charge in [-0.1, -0.05) is 12.8 Å². The molecule has 0 aromatic carbocycles. The smallest absolute Gasteiger partial charge is 0.214 e. The van der Waals surface area contributed by atoms with E-state index < -0.39 is 10.0 Å². The summed E-state index contributed by atoms with van der Waals surface area (Å²) >= 11 is 5.66. The highest BCUT2D eigenvalue weighted by atomic mass is 35.5. The van der Waals surface area contributed by atoms with Crippen LogP contribution < -0.4 is 0 Å². The number of aromatic nitrogens is 1. The van der Waals surface area contributed by atoms with E-state index in [0.717, 1.165) is 37.8 Å². The van der Waals surface area contributed by atoms with Crippen molar-refractivity contribution in [2.75, 3.05) is 18.2 Å². The van der Waals surface area contributed by atoms with Crippen LogP contribution in [-0.2, 0) is 17.1 Å². The Kier molecular flexibility index (Phi) is 6.14. The Balaban J connectivity index is 2.21. The highest BCUT2D eigenvalue weighted by molar-refractivity contribution is 7.89. The van der Waals surface area contributed by atoms with Crippen molar-refractivity contribution >= 4 is 21.6 Å². The molecule has 1 aromatic rings. The Morgan fingerprint density at radius 2 is 2.10 bits per heavy atom. The van der Waals surface area contributed by atoms with Crippen LogP contribution in [0.1, 0.15) is 50.3 Å². The van der Waals surface area contributed by atoms with Gasteiger partial charge in [-0.2, -0.15) is 4.31 Å². The first-order valence-electron chi connectivity index (χ1n) is 7.73. The summed E-state index contributed by atoms with van der Waals surface area (Å²) in [6.45, 7) is 0.638. The summed E-state index contributed by atoms with van der Waals surface area (Å²) in [6, 6.07) is 4.00. The molecular weight excluding hydrogens is 308 g/mol. The molecule has 1 fully saturated rings. The van der Waals surface area contributed by atoms with Gasteiger partial charge in [0.1, 0.15) is 0 Å². The van der Waals surface area contributed by atoms with Crippen LogP contribution in [0.15, 0.2) is 18.3 Å². The molecule has 1 aromatic heterocycles. The van der Waals surface area contributed by atoms with E-state index in [-0.39, 0.29) is 11.8 Å². The monoisotopic (exact) mass is 332 g/mol. The average Bonchev–Trinajstić information content (AvgIpc) is 2.72. The molecule has 0 radical (unpaired) electrons. The number of nitrogens with zero attached hydrogens (tertiary/aromatic N) is 2. The summed E-state index contributed by atoms with van der Waals surface area (Å²) in [5, 5.41) is 0. The lowest BCUT2D eigenvalue weighted by Gasteiger charge is -2.29. The minimum atomic E-state index is -3.21. The van der Waals surface area contributed by atoms with Gasteiger partial charge >= 0.3 is 0 Å². The molecule has 2 heterocycles. The average molecular weight is 333 g/mol. The molecule has 1 unspecified atom stereocenters.